The molecule has 0 spiro atoms. The standard InChI is InChI=1S/C19H25N3O3S/c1-5-26(24,25)22-17-11-9-16(10-12-17)20-15(4)19(23)21-18-13(2)7-6-8-14(18)3/h6-12,15,20,22H,5H2,1-4H3,(H,21,23). The summed E-state index contributed by atoms with van der Waals surface area (Å²) in [6, 6.07) is 12.2. The van der Waals surface area contributed by atoms with Crippen molar-refractivity contribution in [2.75, 3.05) is 21.1 Å². The molecular formula is C19H25N3O3S. The number of sulfonamides is 1. The number of aryl methyl sites for hydroxylation is 2. The quantitative estimate of drug-likeness (QED) is 0.691. The van der Waals surface area contributed by atoms with E-state index < -0.39 is 16.1 Å². The maximum absolute atomic E-state index is 12.4. The van der Waals surface area contributed by atoms with Gasteiger partial charge in [0, 0.05) is 17.1 Å². The van der Waals surface area contributed by atoms with Crippen molar-refractivity contribution < 1.29 is 13.2 Å². The van der Waals surface area contributed by atoms with Gasteiger partial charge in [-0.25, -0.2) is 8.42 Å². The molecule has 1 atom stereocenters. The number of carbonyl (C=O) groups is 1. The third kappa shape index (κ3) is 5.23. The van der Waals surface area contributed by atoms with Gasteiger partial charge < -0.3 is 10.6 Å². The first-order chi connectivity index (χ1) is 12.2. The lowest BCUT2D eigenvalue weighted by atomic mass is 10.1. The normalized spacial score (nSPS) is 12.3. The molecule has 0 heterocycles. The number of nitrogens with one attached hydrogen (secondary N) is 3. The van der Waals surface area contributed by atoms with Crippen LogP contribution in [0.25, 0.3) is 0 Å². The number of amides is 1. The summed E-state index contributed by atoms with van der Waals surface area (Å²) >= 11 is 0. The molecule has 2 aromatic rings. The summed E-state index contributed by atoms with van der Waals surface area (Å²) in [6.07, 6.45) is 0. The Kier molecular flexibility index (Phi) is 6.26. The third-order valence-corrected chi connectivity index (χ3v) is 5.35. The molecule has 7 heteroatoms. The molecule has 26 heavy (non-hydrogen) atoms. The molecule has 6 nitrogen and oxygen atoms in total. The fourth-order valence-corrected chi connectivity index (χ4v) is 3.08. The van der Waals surface area contributed by atoms with Gasteiger partial charge in [0.05, 0.1) is 5.75 Å². The molecule has 1 amide bonds. The largest absolute Gasteiger partial charge is 0.374 e. The van der Waals surface area contributed by atoms with Gasteiger partial charge in [0.15, 0.2) is 0 Å². The summed E-state index contributed by atoms with van der Waals surface area (Å²) in [5, 5.41) is 6.07. The molecule has 1 unspecified atom stereocenters. The van der Waals surface area contributed by atoms with E-state index in [0.717, 1.165) is 22.5 Å². The Morgan fingerprint density at radius 1 is 1.00 bits per heavy atom. The summed E-state index contributed by atoms with van der Waals surface area (Å²) in [5.41, 5.74) is 4.07. The molecule has 3 N–H and O–H groups in total. The summed E-state index contributed by atoms with van der Waals surface area (Å²) < 4.78 is 25.6. The van der Waals surface area contributed by atoms with Gasteiger partial charge in [0.1, 0.15) is 6.04 Å². The zero-order chi connectivity index (χ0) is 19.3. The van der Waals surface area contributed by atoms with E-state index >= 15 is 0 Å². The highest BCUT2D eigenvalue weighted by Crippen LogP contribution is 2.20. The van der Waals surface area contributed by atoms with Crippen molar-refractivity contribution in [2.24, 2.45) is 0 Å². The van der Waals surface area contributed by atoms with Crippen LogP contribution in [0.3, 0.4) is 0 Å². The molecule has 0 aliphatic heterocycles. The summed E-state index contributed by atoms with van der Waals surface area (Å²) in [5.74, 6) is -0.124. The molecule has 0 saturated carbocycles. The SMILES string of the molecule is CCS(=O)(=O)Nc1ccc(NC(C)C(=O)Nc2c(C)cccc2C)cc1. The number of benzene rings is 2. The van der Waals surface area contributed by atoms with Gasteiger partial charge in [0.2, 0.25) is 15.9 Å². The Morgan fingerprint density at radius 3 is 2.08 bits per heavy atom. The highest BCUT2D eigenvalue weighted by atomic mass is 32.2. The fraction of sp³-hybridized carbons (Fsp3) is 0.316. The minimum Gasteiger partial charge on any atom is -0.374 e. The molecule has 0 aromatic heterocycles. The molecule has 0 aliphatic rings. The zero-order valence-corrected chi connectivity index (χ0v) is 16.3. The lowest BCUT2D eigenvalue weighted by Crippen LogP contribution is -2.32. The van der Waals surface area contributed by atoms with Crippen molar-refractivity contribution >= 4 is 33.0 Å². The van der Waals surface area contributed by atoms with E-state index in [0.29, 0.717) is 5.69 Å². The molecule has 0 radical (unpaired) electrons. The molecular weight excluding hydrogens is 350 g/mol. The highest BCUT2D eigenvalue weighted by Gasteiger charge is 2.15. The summed E-state index contributed by atoms with van der Waals surface area (Å²) in [7, 11) is -3.30. The van der Waals surface area contributed by atoms with Crippen molar-refractivity contribution in [3.05, 3.63) is 53.6 Å². The van der Waals surface area contributed by atoms with Crippen LogP contribution < -0.4 is 15.4 Å². The Morgan fingerprint density at radius 2 is 1.54 bits per heavy atom. The van der Waals surface area contributed by atoms with Gasteiger partial charge in [0.25, 0.3) is 0 Å². The van der Waals surface area contributed by atoms with Gasteiger partial charge in [-0.2, -0.15) is 0 Å². The van der Waals surface area contributed by atoms with Crippen LogP contribution in [0, 0.1) is 13.8 Å². The van der Waals surface area contributed by atoms with Crippen molar-refractivity contribution in [1.82, 2.24) is 0 Å². The van der Waals surface area contributed by atoms with Gasteiger partial charge in [-0.1, -0.05) is 18.2 Å². The average Bonchev–Trinajstić information content (AvgIpc) is 2.59. The first kappa shape index (κ1) is 19.8. The number of para-hydroxylation sites is 1. The molecule has 0 fully saturated rings. The smallest absolute Gasteiger partial charge is 0.246 e. The van der Waals surface area contributed by atoms with Crippen LogP contribution in [-0.4, -0.2) is 26.1 Å². The number of hydrogen-bond donors (Lipinski definition) is 3. The van der Waals surface area contributed by atoms with Crippen molar-refractivity contribution in [1.29, 1.82) is 0 Å². The second-order valence-corrected chi connectivity index (χ2v) is 8.22. The van der Waals surface area contributed by atoms with E-state index in [-0.39, 0.29) is 11.7 Å². The van der Waals surface area contributed by atoms with E-state index in [9.17, 15) is 13.2 Å². The van der Waals surface area contributed by atoms with Crippen molar-refractivity contribution in [3.63, 3.8) is 0 Å². The van der Waals surface area contributed by atoms with Crippen molar-refractivity contribution in [3.8, 4) is 0 Å². The lowest BCUT2D eigenvalue weighted by molar-refractivity contribution is -0.116. The Balaban J connectivity index is 2.00. The van der Waals surface area contributed by atoms with Crippen LogP contribution in [0.2, 0.25) is 0 Å². The van der Waals surface area contributed by atoms with Crippen LogP contribution >= 0.6 is 0 Å². The van der Waals surface area contributed by atoms with Crippen molar-refractivity contribution in [2.45, 2.75) is 33.7 Å². The monoisotopic (exact) mass is 375 g/mol. The van der Waals surface area contributed by atoms with E-state index in [4.69, 9.17) is 0 Å². The molecule has 2 rings (SSSR count). The maximum atomic E-state index is 12.4. The number of rotatable bonds is 7. The van der Waals surface area contributed by atoms with Crippen LogP contribution in [-0.2, 0) is 14.8 Å². The van der Waals surface area contributed by atoms with E-state index in [2.05, 4.69) is 15.4 Å². The van der Waals surface area contributed by atoms with Gasteiger partial charge >= 0.3 is 0 Å². The lowest BCUT2D eigenvalue weighted by Gasteiger charge is -2.18. The minimum atomic E-state index is -3.30. The molecule has 2 aromatic carbocycles. The molecule has 0 bridgehead atoms. The zero-order valence-electron chi connectivity index (χ0n) is 15.5. The summed E-state index contributed by atoms with van der Waals surface area (Å²) in [4.78, 5) is 12.4. The minimum absolute atomic E-state index is 0.0164. The highest BCUT2D eigenvalue weighted by molar-refractivity contribution is 7.92. The second kappa shape index (κ2) is 8.23. The number of anilines is 3. The van der Waals surface area contributed by atoms with E-state index in [1.54, 1.807) is 38.1 Å². The van der Waals surface area contributed by atoms with E-state index in [1.165, 1.54) is 0 Å². The number of carbonyl (C=O) groups excluding carboxylic acids is 1. The topological polar surface area (TPSA) is 87.3 Å². The van der Waals surface area contributed by atoms with Gasteiger partial charge in [-0.3, -0.25) is 9.52 Å². The fourth-order valence-electron chi connectivity index (χ4n) is 2.44. The Bertz CT molecular complexity index is 857. The van der Waals surface area contributed by atoms with Crippen LogP contribution in [0.5, 0.6) is 0 Å². The molecule has 0 saturated heterocycles. The predicted octanol–water partition coefficient (Wildman–Crippen LogP) is 3.50. The Hall–Kier alpha value is -2.54. The van der Waals surface area contributed by atoms with Crippen LogP contribution in [0.4, 0.5) is 17.1 Å². The maximum Gasteiger partial charge on any atom is 0.246 e. The van der Waals surface area contributed by atoms with Crippen LogP contribution in [0.1, 0.15) is 25.0 Å². The average molecular weight is 375 g/mol. The first-order valence-corrected chi connectivity index (χ1v) is 10.1. The van der Waals surface area contributed by atoms with Crippen LogP contribution in [0.15, 0.2) is 42.5 Å². The Labute approximate surface area is 155 Å². The van der Waals surface area contributed by atoms with Gasteiger partial charge in [-0.05, 0) is 63.1 Å². The van der Waals surface area contributed by atoms with Gasteiger partial charge in [-0.15, -0.1) is 0 Å². The molecule has 140 valence electrons. The summed E-state index contributed by atoms with van der Waals surface area (Å²) in [6.45, 7) is 7.26. The second-order valence-electron chi connectivity index (χ2n) is 6.20. The van der Waals surface area contributed by atoms with E-state index in [1.807, 2.05) is 32.0 Å². The third-order valence-electron chi connectivity index (χ3n) is 4.04. The predicted molar refractivity (Wildman–Crippen MR) is 107 cm³/mol. The number of hydrogen-bond acceptors (Lipinski definition) is 4. The first-order valence-electron chi connectivity index (χ1n) is 8.46. The molecule has 0 aliphatic carbocycles.